The number of hydrogen-bond donors (Lipinski definition) is 2. The number of aliphatic hydroxyl groups excluding tert-OH is 1. The van der Waals surface area contributed by atoms with E-state index in [0.717, 1.165) is 21.4 Å². The fraction of sp³-hybridized carbons (Fsp3) is 0.304. The van der Waals surface area contributed by atoms with Crippen LogP contribution in [0.15, 0.2) is 54.6 Å². The third-order valence-corrected chi connectivity index (χ3v) is 6.63. The van der Waals surface area contributed by atoms with Crippen LogP contribution in [0.3, 0.4) is 0 Å². The molecule has 0 bridgehead atoms. The molecule has 0 saturated carbocycles. The van der Waals surface area contributed by atoms with Crippen molar-refractivity contribution < 1.29 is 19.1 Å². The minimum Gasteiger partial charge on any atom is -0.386 e. The topological polar surface area (TPSA) is 69.6 Å². The molecule has 4 rings (SSSR count). The Morgan fingerprint density at radius 2 is 1.97 bits per heavy atom. The van der Waals surface area contributed by atoms with Gasteiger partial charge in [0.2, 0.25) is 5.91 Å². The van der Waals surface area contributed by atoms with E-state index in [1.54, 1.807) is 4.90 Å². The summed E-state index contributed by atoms with van der Waals surface area (Å²) in [4.78, 5) is 27.8. The average Bonchev–Trinajstić information content (AvgIpc) is 3.22. The molecule has 30 heavy (non-hydrogen) atoms. The number of nitrogens with one attached hydrogen (secondary N) is 1. The van der Waals surface area contributed by atoms with Crippen molar-refractivity contribution in [3.8, 4) is 0 Å². The van der Waals surface area contributed by atoms with Crippen molar-refractivity contribution in [3.05, 3.63) is 70.9 Å². The van der Waals surface area contributed by atoms with Gasteiger partial charge in [-0.1, -0.05) is 18.2 Å². The van der Waals surface area contributed by atoms with E-state index >= 15 is 0 Å². The van der Waals surface area contributed by atoms with Crippen LogP contribution in [0, 0.1) is 11.7 Å². The number of rotatable bonds is 5. The Morgan fingerprint density at radius 1 is 1.20 bits per heavy atom. The molecule has 2 heterocycles. The van der Waals surface area contributed by atoms with Crippen LogP contribution in [0.2, 0.25) is 0 Å². The van der Waals surface area contributed by atoms with Crippen LogP contribution in [-0.4, -0.2) is 41.5 Å². The smallest absolute Gasteiger partial charge is 0.253 e. The number of carbonyl (C=O) groups is 2. The van der Waals surface area contributed by atoms with Crippen LogP contribution in [0.5, 0.6) is 0 Å². The van der Waals surface area contributed by atoms with Gasteiger partial charge in [-0.3, -0.25) is 9.59 Å². The number of piperidine rings is 1. The van der Waals surface area contributed by atoms with Gasteiger partial charge in [-0.25, -0.2) is 4.39 Å². The molecule has 1 aliphatic heterocycles. The Kier molecular flexibility index (Phi) is 6.11. The van der Waals surface area contributed by atoms with Crippen molar-refractivity contribution in [1.82, 2.24) is 10.2 Å². The summed E-state index contributed by atoms with van der Waals surface area (Å²) >= 11 is 1.51. The number of benzene rings is 2. The summed E-state index contributed by atoms with van der Waals surface area (Å²) in [6.07, 6.45) is 0.647. The highest BCUT2D eigenvalue weighted by Crippen LogP contribution is 2.29. The van der Waals surface area contributed by atoms with E-state index < -0.39 is 6.10 Å². The number of thiophene rings is 1. The summed E-state index contributed by atoms with van der Waals surface area (Å²) in [6, 6.07) is 15.3. The van der Waals surface area contributed by atoms with Gasteiger partial charge in [0.15, 0.2) is 0 Å². The maximum atomic E-state index is 13.1. The van der Waals surface area contributed by atoms with E-state index in [-0.39, 0.29) is 30.1 Å². The Hall–Kier alpha value is -2.77. The first kappa shape index (κ1) is 20.5. The molecule has 5 nitrogen and oxygen atoms in total. The van der Waals surface area contributed by atoms with Gasteiger partial charge in [0, 0.05) is 34.8 Å². The number of carbonyl (C=O) groups excluding carboxylic acids is 2. The van der Waals surface area contributed by atoms with Crippen LogP contribution in [-0.2, 0) is 4.79 Å². The number of aliphatic hydroxyl groups is 1. The number of amides is 2. The molecular weight excluding hydrogens is 403 g/mol. The van der Waals surface area contributed by atoms with Gasteiger partial charge in [-0.2, -0.15) is 0 Å². The SMILES string of the molecule is O=C(NC[C@H](O)c1cc2ccccc2s1)[C@H]1CCCN(C(=O)c2ccc(F)cc2)C1. The molecule has 0 aliphatic carbocycles. The van der Waals surface area contributed by atoms with Gasteiger partial charge in [0.1, 0.15) is 11.9 Å². The zero-order chi connectivity index (χ0) is 21.1. The lowest BCUT2D eigenvalue weighted by Crippen LogP contribution is -2.46. The van der Waals surface area contributed by atoms with Crippen LogP contribution < -0.4 is 5.32 Å². The first-order valence-electron chi connectivity index (χ1n) is 10.0. The summed E-state index contributed by atoms with van der Waals surface area (Å²) < 4.78 is 14.2. The van der Waals surface area contributed by atoms with Gasteiger partial charge in [0.05, 0.1) is 5.92 Å². The number of halogens is 1. The highest BCUT2D eigenvalue weighted by Gasteiger charge is 2.29. The fourth-order valence-corrected chi connectivity index (χ4v) is 4.81. The molecule has 1 aromatic heterocycles. The molecule has 156 valence electrons. The Balaban J connectivity index is 1.33. The summed E-state index contributed by atoms with van der Waals surface area (Å²) in [6.45, 7) is 1.03. The summed E-state index contributed by atoms with van der Waals surface area (Å²) in [5.74, 6) is -1.07. The molecule has 1 saturated heterocycles. The zero-order valence-corrected chi connectivity index (χ0v) is 17.2. The van der Waals surface area contributed by atoms with E-state index in [9.17, 15) is 19.1 Å². The second-order valence-electron chi connectivity index (χ2n) is 7.54. The van der Waals surface area contributed by atoms with E-state index in [1.807, 2.05) is 30.3 Å². The number of likely N-dealkylation sites (tertiary alicyclic amines) is 1. The van der Waals surface area contributed by atoms with Gasteiger partial charge in [0.25, 0.3) is 5.91 Å². The fourth-order valence-electron chi connectivity index (χ4n) is 3.76. The molecule has 1 fully saturated rings. The second-order valence-corrected chi connectivity index (χ2v) is 8.66. The third-order valence-electron chi connectivity index (χ3n) is 5.41. The van der Waals surface area contributed by atoms with E-state index in [4.69, 9.17) is 0 Å². The van der Waals surface area contributed by atoms with Crippen molar-refractivity contribution in [2.24, 2.45) is 5.92 Å². The summed E-state index contributed by atoms with van der Waals surface area (Å²) in [7, 11) is 0. The maximum absolute atomic E-state index is 13.1. The van der Waals surface area contributed by atoms with Crippen molar-refractivity contribution in [2.45, 2.75) is 18.9 Å². The third kappa shape index (κ3) is 4.52. The molecular formula is C23H23FN2O3S. The van der Waals surface area contributed by atoms with Crippen molar-refractivity contribution >= 4 is 33.2 Å². The van der Waals surface area contributed by atoms with Crippen molar-refractivity contribution in [2.75, 3.05) is 19.6 Å². The number of nitrogens with zero attached hydrogens (tertiary/aromatic N) is 1. The molecule has 0 unspecified atom stereocenters. The van der Waals surface area contributed by atoms with Crippen LogP contribution in [0.25, 0.3) is 10.1 Å². The highest BCUT2D eigenvalue weighted by atomic mass is 32.1. The number of hydrogen-bond acceptors (Lipinski definition) is 4. The molecule has 0 spiro atoms. The first-order valence-corrected chi connectivity index (χ1v) is 10.8. The molecule has 7 heteroatoms. The maximum Gasteiger partial charge on any atom is 0.253 e. The molecule has 1 aliphatic rings. The van der Waals surface area contributed by atoms with Gasteiger partial charge < -0.3 is 15.3 Å². The summed E-state index contributed by atoms with van der Waals surface area (Å²) in [5, 5.41) is 14.4. The molecule has 2 atom stereocenters. The predicted octanol–water partition coefficient (Wildman–Crippen LogP) is 3.74. The van der Waals surface area contributed by atoms with Crippen molar-refractivity contribution in [3.63, 3.8) is 0 Å². The van der Waals surface area contributed by atoms with E-state index in [0.29, 0.717) is 25.1 Å². The molecule has 2 aromatic carbocycles. The zero-order valence-electron chi connectivity index (χ0n) is 16.4. The monoisotopic (exact) mass is 426 g/mol. The largest absolute Gasteiger partial charge is 0.386 e. The van der Waals surface area contributed by atoms with Crippen molar-refractivity contribution in [1.29, 1.82) is 0 Å². The average molecular weight is 427 g/mol. The lowest BCUT2D eigenvalue weighted by Gasteiger charge is -2.32. The normalized spacial score (nSPS) is 17.7. The van der Waals surface area contributed by atoms with E-state index in [2.05, 4.69) is 5.32 Å². The predicted molar refractivity (Wildman–Crippen MR) is 115 cm³/mol. The van der Waals surface area contributed by atoms with Crippen LogP contribution in [0.4, 0.5) is 4.39 Å². The lowest BCUT2D eigenvalue weighted by molar-refractivity contribution is -0.126. The van der Waals surface area contributed by atoms with Gasteiger partial charge >= 0.3 is 0 Å². The van der Waals surface area contributed by atoms with Gasteiger partial charge in [-0.05, 0) is 54.6 Å². The van der Waals surface area contributed by atoms with E-state index in [1.165, 1.54) is 35.6 Å². The second kappa shape index (κ2) is 8.93. The molecule has 3 aromatic rings. The molecule has 0 radical (unpaired) electrons. The minimum absolute atomic E-state index is 0.133. The minimum atomic E-state index is -0.771. The standard InChI is InChI=1S/C23H23FN2O3S/c24-18-9-7-15(8-10-18)23(29)26-11-3-5-17(14-26)22(28)25-13-19(27)21-12-16-4-1-2-6-20(16)30-21/h1-2,4,6-10,12,17,19,27H,3,5,11,13-14H2,(H,25,28)/t17-,19-/m0/s1. The van der Waals surface area contributed by atoms with Crippen LogP contribution in [0.1, 0.15) is 34.2 Å². The van der Waals surface area contributed by atoms with Crippen LogP contribution >= 0.6 is 11.3 Å². The Morgan fingerprint density at radius 3 is 2.73 bits per heavy atom. The molecule has 2 amide bonds. The van der Waals surface area contributed by atoms with Gasteiger partial charge in [-0.15, -0.1) is 11.3 Å². The first-order chi connectivity index (χ1) is 14.5. The Bertz CT molecular complexity index is 1020. The highest BCUT2D eigenvalue weighted by molar-refractivity contribution is 7.19. The lowest BCUT2D eigenvalue weighted by atomic mass is 9.96. The Labute approximate surface area is 178 Å². The summed E-state index contributed by atoms with van der Waals surface area (Å²) in [5.41, 5.74) is 0.414. The molecule has 2 N–H and O–H groups in total. The number of fused-ring (bicyclic) bond motifs is 1. The quantitative estimate of drug-likeness (QED) is 0.653.